The zero-order valence-corrected chi connectivity index (χ0v) is 14.0. The third kappa shape index (κ3) is 2.38. The summed E-state index contributed by atoms with van der Waals surface area (Å²) in [5.41, 5.74) is 10.5. The van der Waals surface area contributed by atoms with Gasteiger partial charge in [-0.3, -0.25) is 0 Å². The summed E-state index contributed by atoms with van der Waals surface area (Å²) >= 11 is 6.84. The molecule has 1 atom stereocenters. The molecule has 0 nitrogen and oxygen atoms in total. The maximum atomic E-state index is 6.84. The van der Waals surface area contributed by atoms with Gasteiger partial charge in [-0.05, 0) is 86.1 Å². The lowest BCUT2D eigenvalue weighted by molar-refractivity contribution is 1.03. The summed E-state index contributed by atoms with van der Waals surface area (Å²) in [7, 11) is 0. The van der Waals surface area contributed by atoms with E-state index in [-0.39, 0.29) is 5.38 Å². The molecular formula is C19H23Cl. The van der Waals surface area contributed by atoms with Crippen molar-refractivity contribution in [1.82, 2.24) is 0 Å². The predicted molar refractivity (Wildman–Crippen MR) is 89.0 cm³/mol. The van der Waals surface area contributed by atoms with Gasteiger partial charge >= 0.3 is 0 Å². The Morgan fingerprint density at radius 2 is 1.15 bits per heavy atom. The molecule has 20 heavy (non-hydrogen) atoms. The summed E-state index contributed by atoms with van der Waals surface area (Å²) in [5, 5.41) is -0.0748. The third-order valence-electron chi connectivity index (χ3n) is 4.77. The zero-order chi connectivity index (χ0) is 15.0. The van der Waals surface area contributed by atoms with Gasteiger partial charge in [0.15, 0.2) is 0 Å². The third-order valence-corrected chi connectivity index (χ3v) is 5.23. The van der Waals surface area contributed by atoms with Crippen LogP contribution in [0.4, 0.5) is 0 Å². The van der Waals surface area contributed by atoms with Crippen molar-refractivity contribution in [2.75, 3.05) is 0 Å². The van der Waals surface area contributed by atoms with Crippen LogP contribution in [0.1, 0.15) is 49.9 Å². The van der Waals surface area contributed by atoms with E-state index < -0.39 is 0 Å². The second kappa shape index (κ2) is 5.61. The quantitative estimate of drug-likeness (QED) is 0.606. The lowest BCUT2D eigenvalue weighted by Gasteiger charge is -2.23. The molecule has 2 aromatic rings. The molecule has 0 aliphatic heterocycles. The van der Waals surface area contributed by atoms with E-state index in [1.807, 2.05) is 0 Å². The number of alkyl halides is 1. The van der Waals surface area contributed by atoms with Crippen LogP contribution in [-0.2, 0) is 0 Å². The van der Waals surface area contributed by atoms with Gasteiger partial charge in [-0.15, -0.1) is 11.6 Å². The SMILES string of the molecule is Cc1ccccc1C(Cl)c1c(C)c(C)c(C)c(C)c1C. The molecule has 0 bridgehead atoms. The van der Waals surface area contributed by atoms with Gasteiger partial charge in [0.05, 0.1) is 5.38 Å². The minimum absolute atomic E-state index is 0.0748. The van der Waals surface area contributed by atoms with Crippen molar-refractivity contribution in [3.63, 3.8) is 0 Å². The summed E-state index contributed by atoms with van der Waals surface area (Å²) in [6, 6.07) is 8.39. The fourth-order valence-corrected chi connectivity index (χ4v) is 3.51. The minimum Gasteiger partial charge on any atom is -0.113 e. The Hall–Kier alpha value is -1.27. The standard InChI is InChI=1S/C19H23Cl/c1-11-9-7-8-10-17(11)19(20)18-15(5)13(3)12(2)14(4)16(18)6/h7-10,19H,1-6H3. The Morgan fingerprint density at radius 3 is 1.65 bits per heavy atom. The monoisotopic (exact) mass is 286 g/mol. The van der Waals surface area contributed by atoms with Crippen molar-refractivity contribution in [2.45, 2.75) is 46.9 Å². The van der Waals surface area contributed by atoms with Crippen molar-refractivity contribution in [3.8, 4) is 0 Å². The van der Waals surface area contributed by atoms with Crippen LogP contribution < -0.4 is 0 Å². The molecule has 0 N–H and O–H groups in total. The summed E-state index contributed by atoms with van der Waals surface area (Å²) in [4.78, 5) is 0. The van der Waals surface area contributed by atoms with Crippen molar-refractivity contribution in [1.29, 1.82) is 0 Å². The highest BCUT2D eigenvalue weighted by molar-refractivity contribution is 6.23. The fraction of sp³-hybridized carbons (Fsp3) is 0.368. The summed E-state index contributed by atoms with van der Waals surface area (Å²) in [6.45, 7) is 13.1. The molecule has 0 saturated carbocycles. The normalized spacial score (nSPS) is 12.6. The van der Waals surface area contributed by atoms with Crippen LogP contribution in [0.5, 0.6) is 0 Å². The number of halogens is 1. The molecule has 106 valence electrons. The first-order valence-electron chi connectivity index (χ1n) is 7.12. The van der Waals surface area contributed by atoms with E-state index in [0.29, 0.717) is 0 Å². The van der Waals surface area contributed by atoms with E-state index in [0.717, 1.165) is 0 Å². The minimum atomic E-state index is -0.0748. The summed E-state index contributed by atoms with van der Waals surface area (Å²) in [5.74, 6) is 0. The Balaban J connectivity index is 2.68. The van der Waals surface area contributed by atoms with Crippen molar-refractivity contribution in [3.05, 3.63) is 68.8 Å². The highest BCUT2D eigenvalue weighted by Crippen LogP contribution is 2.38. The van der Waals surface area contributed by atoms with Gasteiger partial charge in [0.25, 0.3) is 0 Å². The Morgan fingerprint density at radius 1 is 0.700 bits per heavy atom. The summed E-state index contributed by atoms with van der Waals surface area (Å²) in [6.07, 6.45) is 0. The van der Waals surface area contributed by atoms with Gasteiger partial charge in [-0.25, -0.2) is 0 Å². The van der Waals surface area contributed by atoms with Crippen LogP contribution in [0, 0.1) is 41.5 Å². The van der Waals surface area contributed by atoms with Gasteiger partial charge in [-0.1, -0.05) is 24.3 Å². The molecule has 0 amide bonds. The molecule has 0 aliphatic rings. The molecule has 0 aromatic heterocycles. The first kappa shape index (κ1) is 15.1. The van der Waals surface area contributed by atoms with Gasteiger partial charge in [0.1, 0.15) is 0 Å². The molecule has 0 aliphatic carbocycles. The Labute approximate surface area is 127 Å². The van der Waals surface area contributed by atoms with Crippen molar-refractivity contribution < 1.29 is 0 Å². The fourth-order valence-electron chi connectivity index (χ4n) is 2.94. The molecule has 0 heterocycles. The molecule has 0 fully saturated rings. The van der Waals surface area contributed by atoms with E-state index >= 15 is 0 Å². The molecule has 1 heteroatoms. The Bertz CT molecular complexity index is 624. The second-order valence-corrected chi connectivity index (χ2v) is 6.19. The highest BCUT2D eigenvalue weighted by Gasteiger charge is 2.21. The van der Waals surface area contributed by atoms with Crippen LogP contribution in [0.2, 0.25) is 0 Å². The van der Waals surface area contributed by atoms with Gasteiger partial charge < -0.3 is 0 Å². The number of benzene rings is 2. The largest absolute Gasteiger partial charge is 0.113 e. The van der Waals surface area contributed by atoms with Crippen LogP contribution in [0.15, 0.2) is 24.3 Å². The van der Waals surface area contributed by atoms with Crippen LogP contribution in [0.3, 0.4) is 0 Å². The molecular weight excluding hydrogens is 264 g/mol. The van der Waals surface area contributed by atoms with E-state index in [9.17, 15) is 0 Å². The number of aryl methyl sites for hydroxylation is 1. The molecule has 2 aromatic carbocycles. The number of hydrogen-bond acceptors (Lipinski definition) is 0. The Kier molecular flexibility index (Phi) is 4.25. The van der Waals surface area contributed by atoms with E-state index in [4.69, 9.17) is 11.6 Å². The van der Waals surface area contributed by atoms with E-state index in [1.54, 1.807) is 0 Å². The first-order chi connectivity index (χ1) is 9.36. The molecule has 0 spiro atoms. The maximum Gasteiger partial charge on any atom is 0.0843 e. The average Bonchev–Trinajstić information content (AvgIpc) is 2.43. The van der Waals surface area contributed by atoms with Crippen molar-refractivity contribution >= 4 is 11.6 Å². The average molecular weight is 287 g/mol. The van der Waals surface area contributed by atoms with E-state index in [2.05, 4.69) is 65.8 Å². The smallest absolute Gasteiger partial charge is 0.0843 e. The number of hydrogen-bond donors (Lipinski definition) is 0. The lowest BCUT2D eigenvalue weighted by Crippen LogP contribution is -2.06. The molecule has 1 unspecified atom stereocenters. The van der Waals surface area contributed by atoms with Crippen molar-refractivity contribution in [2.24, 2.45) is 0 Å². The van der Waals surface area contributed by atoms with Gasteiger partial charge in [-0.2, -0.15) is 0 Å². The van der Waals surface area contributed by atoms with E-state index in [1.165, 1.54) is 44.5 Å². The summed E-state index contributed by atoms with van der Waals surface area (Å²) < 4.78 is 0. The van der Waals surface area contributed by atoms with Gasteiger partial charge in [0.2, 0.25) is 0 Å². The first-order valence-corrected chi connectivity index (χ1v) is 7.56. The molecule has 2 rings (SSSR count). The topological polar surface area (TPSA) is 0 Å². The second-order valence-electron chi connectivity index (χ2n) is 5.76. The highest BCUT2D eigenvalue weighted by atomic mass is 35.5. The zero-order valence-electron chi connectivity index (χ0n) is 13.3. The molecule has 0 saturated heterocycles. The lowest BCUT2D eigenvalue weighted by atomic mass is 9.86. The maximum absolute atomic E-state index is 6.84. The van der Waals surface area contributed by atoms with Crippen LogP contribution in [-0.4, -0.2) is 0 Å². The molecule has 0 radical (unpaired) electrons. The van der Waals surface area contributed by atoms with Crippen LogP contribution in [0.25, 0.3) is 0 Å². The van der Waals surface area contributed by atoms with Crippen LogP contribution >= 0.6 is 11.6 Å². The van der Waals surface area contributed by atoms with Gasteiger partial charge in [0, 0.05) is 0 Å². The number of rotatable bonds is 2. The predicted octanol–water partition coefficient (Wildman–Crippen LogP) is 5.87.